The third-order valence-electron chi connectivity index (χ3n) is 6.35. The van der Waals surface area contributed by atoms with E-state index in [1.54, 1.807) is 0 Å². The van der Waals surface area contributed by atoms with Crippen LogP contribution in [-0.4, -0.2) is 62.3 Å². The number of hydrogen-bond donors (Lipinski definition) is 0. The SMILES string of the molecule is CCCN(CCC)CCCOc1ccc2c(c1)oc1cc(OCCCN(CCC)CCC)ccc12. The van der Waals surface area contributed by atoms with Gasteiger partial charge in [0.05, 0.1) is 13.2 Å². The maximum atomic E-state index is 6.17. The van der Waals surface area contributed by atoms with Crippen LogP contribution in [0.15, 0.2) is 40.8 Å². The van der Waals surface area contributed by atoms with Crippen molar-refractivity contribution in [3.05, 3.63) is 36.4 Å². The van der Waals surface area contributed by atoms with Gasteiger partial charge in [-0.15, -0.1) is 0 Å². The molecule has 194 valence electrons. The molecule has 3 aromatic rings. The Morgan fingerprint density at radius 1 is 0.571 bits per heavy atom. The third-order valence-corrected chi connectivity index (χ3v) is 6.35. The van der Waals surface area contributed by atoms with Gasteiger partial charge >= 0.3 is 0 Å². The first-order valence-electron chi connectivity index (χ1n) is 13.8. The summed E-state index contributed by atoms with van der Waals surface area (Å²) in [6.07, 6.45) is 6.88. The van der Waals surface area contributed by atoms with Gasteiger partial charge < -0.3 is 23.7 Å². The van der Waals surface area contributed by atoms with Crippen molar-refractivity contribution in [1.82, 2.24) is 9.80 Å². The molecule has 0 saturated carbocycles. The molecule has 0 spiro atoms. The zero-order chi connectivity index (χ0) is 24.9. The van der Waals surface area contributed by atoms with Gasteiger partial charge in [0.15, 0.2) is 0 Å². The Balaban J connectivity index is 1.53. The number of fused-ring (bicyclic) bond motifs is 3. The summed E-state index contributed by atoms with van der Waals surface area (Å²) in [5.41, 5.74) is 1.73. The van der Waals surface area contributed by atoms with Gasteiger partial charge in [0.1, 0.15) is 22.7 Å². The van der Waals surface area contributed by atoms with E-state index < -0.39 is 0 Å². The minimum atomic E-state index is 0.724. The van der Waals surface area contributed by atoms with Gasteiger partial charge in [-0.3, -0.25) is 0 Å². The fourth-order valence-electron chi connectivity index (χ4n) is 4.81. The molecule has 2 aromatic carbocycles. The summed E-state index contributed by atoms with van der Waals surface area (Å²) in [6.45, 7) is 17.3. The number of ether oxygens (including phenoxy) is 2. The smallest absolute Gasteiger partial charge is 0.139 e. The maximum Gasteiger partial charge on any atom is 0.139 e. The highest BCUT2D eigenvalue weighted by Crippen LogP contribution is 2.33. The van der Waals surface area contributed by atoms with E-state index in [2.05, 4.69) is 61.8 Å². The van der Waals surface area contributed by atoms with E-state index in [0.29, 0.717) is 0 Å². The van der Waals surface area contributed by atoms with Crippen molar-refractivity contribution < 1.29 is 13.9 Å². The first-order valence-corrected chi connectivity index (χ1v) is 13.8. The highest BCUT2D eigenvalue weighted by atomic mass is 16.5. The van der Waals surface area contributed by atoms with E-state index in [9.17, 15) is 0 Å². The molecule has 5 heteroatoms. The summed E-state index contributed by atoms with van der Waals surface area (Å²) in [6, 6.07) is 12.3. The van der Waals surface area contributed by atoms with E-state index in [1.807, 2.05) is 12.1 Å². The number of nitrogens with zero attached hydrogens (tertiary/aromatic N) is 2. The molecule has 0 aliphatic rings. The van der Waals surface area contributed by atoms with Crippen LogP contribution in [0.5, 0.6) is 11.5 Å². The van der Waals surface area contributed by atoms with Crippen LogP contribution in [0, 0.1) is 0 Å². The largest absolute Gasteiger partial charge is 0.493 e. The lowest BCUT2D eigenvalue weighted by molar-refractivity contribution is 0.234. The second-order valence-corrected chi connectivity index (χ2v) is 9.51. The van der Waals surface area contributed by atoms with E-state index in [1.165, 1.54) is 51.9 Å². The fraction of sp³-hybridized carbons (Fsp3) is 0.600. The van der Waals surface area contributed by atoms with Crippen LogP contribution in [0.3, 0.4) is 0 Å². The highest BCUT2D eigenvalue weighted by molar-refractivity contribution is 6.05. The normalized spacial score (nSPS) is 11.8. The summed E-state index contributed by atoms with van der Waals surface area (Å²) < 4.78 is 18.3. The van der Waals surface area contributed by atoms with Gasteiger partial charge in [0.25, 0.3) is 0 Å². The maximum absolute atomic E-state index is 6.17. The Morgan fingerprint density at radius 2 is 0.971 bits per heavy atom. The van der Waals surface area contributed by atoms with Crippen LogP contribution in [0.2, 0.25) is 0 Å². The number of benzene rings is 2. The van der Waals surface area contributed by atoms with Crippen LogP contribution >= 0.6 is 0 Å². The molecule has 0 radical (unpaired) electrons. The van der Waals surface area contributed by atoms with Gasteiger partial charge in [0, 0.05) is 36.0 Å². The van der Waals surface area contributed by atoms with Crippen molar-refractivity contribution in [2.45, 2.75) is 66.2 Å². The molecule has 1 heterocycles. The fourth-order valence-corrected chi connectivity index (χ4v) is 4.81. The van der Waals surface area contributed by atoms with E-state index in [0.717, 1.165) is 72.6 Å². The first-order chi connectivity index (χ1) is 17.2. The third kappa shape index (κ3) is 8.43. The topological polar surface area (TPSA) is 38.1 Å². The molecule has 1 aromatic heterocycles. The van der Waals surface area contributed by atoms with Gasteiger partial charge in [-0.25, -0.2) is 0 Å². The Labute approximate surface area is 212 Å². The molecule has 0 aliphatic heterocycles. The Morgan fingerprint density at radius 3 is 1.34 bits per heavy atom. The quantitative estimate of drug-likeness (QED) is 0.177. The van der Waals surface area contributed by atoms with Crippen molar-refractivity contribution in [2.75, 3.05) is 52.5 Å². The summed E-state index contributed by atoms with van der Waals surface area (Å²) in [7, 11) is 0. The van der Waals surface area contributed by atoms with Gasteiger partial charge in [-0.1, -0.05) is 27.7 Å². The first kappa shape index (κ1) is 27.3. The van der Waals surface area contributed by atoms with Crippen molar-refractivity contribution in [3.63, 3.8) is 0 Å². The summed E-state index contributed by atoms with van der Waals surface area (Å²) in [5.74, 6) is 1.74. The zero-order valence-electron chi connectivity index (χ0n) is 22.5. The van der Waals surface area contributed by atoms with Crippen molar-refractivity contribution >= 4 is 21.9 Å². The molecule has 5 nitrogen and oxygen atoms in total. The van der Waals surface area contributed by atoms with Gasteiger partial charge in [0.2, 0.25) is 0 Å². The van der Waals surface area contributed by atoms with E-state index >= 15 is 0 Å². The van der Waals surface area contributed by atoms with Crippen LogP contribution in [0.1, 0.15) is 66.2 Å². The van der Waals surface area contributed by atoms with E-state index in [4.69, 9.17) is 13.9 Å². The molecule has 0 unspecified atom stereocenters. The number of rotatable bonds is 18. The Bertz CT molecular complexity index is 910. The minimum absolute atomic E-state index is 0.724. The highest BCUT2D eigenvalue weighted by Gasteiger charge is 2.10. The van der Waals surface area contributed by atoms with Crippen LogP contribution in [-0.2, 0) is 0 Å². The number of furan rings is 1. The standard InChI is InChI=1S/C30H46N2O3/c1-5-15-31(16-6-2)19-9-21-33-25-11-13-27-28-14-12-26(24-30(28)35-29(27)23-25)34-22-10-20-32(17-7-3)18-8-4/h11-14,23-24H,5-10,15-22H2,1-4H3. The molecule has 0 atom stereocenters. The molecule has 3 rings (SSSR count). The van der Waals surface area contributed by atoms with Crippen LogP contribution < -0.4 is 9.47 Å². The molecular weight excluding hydrogens is 436 g/mol. The van der Waals surface area contributed by atoms with Crippen molar-refractivity contribution in [2.24, 2.45) is 0 Å². The molecule has 0 amide bonds. The molecule has 0 bridgehead atoms. The minimum Gasteiger partial charge on any atom is -0.493 e. The summed E-state index contributed by atoms with van der Waals surface area (Å²) in [4.78, 5) is 5.05. The number of hydrogen-bond acceptors (Lipinski definition) is 5. The average molecular weight is 483 g/mol. The average Bonchev–Trinajstić information content (AvgIpc) is 3.22. The lowest BCUT2D eigenvalue weighted by Gasteiger charge is -2.20. The second kappa shape index (κ2) is 15.0. The Hall–Kier alpha value is -2.24. The van der Waals surface area contributed by atoms with Crippen molar-refractivity contribution in [1.29, 1.82) is 0 Å². The van der Waals surface area contributed by atoms with E-state index in [-0.39, 0.29) is 0 Å². The molecule has 0 saturated heterocycles. The predicted molar refractivity (Wildman–Crippen MR) is 148 cm³/mol. The monoisotopic (exact) mass is 482 g/mol. The van der Waals surface area contributed by atoms with Crippen LogP contribution in [0.4, 0.5) is 0 Å². The molecule has 35 heavy (non-hydrogen) atoms. The lowest BCUT2D eigenvalue weighted by Crippen LogP contribution is -2.27. The van der Waals surface area contributed by atoms with Gasteiger partial charge in [-0.05, 0) is 89.0 Å². The Kier molecular flexibility index (Phi) is 11.7. The molecular formula is C30H46N2O3. The van der Waals surface area contributed by atoms with Crippen molar-refractivity contribution in [3.8, 4) is 11.5 Å². The molecule has 0 aliphatic carbocycles. The second-order valence-electron chi connectivity index (χ2n) is 9.51. The molecule has 0 fully saturated rings. The molecule has 0 N–H and O–H groups in total. The zero-order valence-corrected chi connectivity index (χ0v) is 22.5. The van der Waals surface area contributed by atoms with Gasteiger partial charge in [-0.2, -0.15) is 0 Å². The summed E-state index contributed by atoms with van der Waals surface area (Å²) >= 11 is 0. The summed E-state index contributed by atoms with van der Waals surface area (Å²) in [5, 5.41) is 2.23. The lowest BCUT2D eigenvalue weighted by atomic mass is 10.1. The van der Waals surface area contributed by atoms with Crippen LogP contribution in [0.25, 0.3) is 21.9 Å². The predicted octanol–water partition coefficient (Wildman–Crippen LogP) is 7.37.